The summed E-state index contributed by atoms with van der Waals surface area (Å²) in [5.41, 5.74) is 3.28. The molecule has 4 nitrogen and oxygen atoms in total. The van der Waals surface area contributed by atoms with E-state index in [0.29, 0.717) is 18.9 Å². The second kappa shape index (κ2) is 7.82. The van der Waals surface area contributed by atoms with Gasteiger partial charge in [-0.05, 0) is 30.4 Å². The zero-order valence-electron chi connectivity index (χ0n) is 15.6. The summed E-state index contributed by atoms with van der Waals surface area (Å²) in [5, 5.41) is 0. The summed E-state index contributed by atoms with van der Waals surface area (Å²) < 4.78 is 0. The van der Waals surface area contributed by atoms with Crippen LogP contribution in [-0.4, -0.2) is 36.9 Å². The molecule has 0 bridgehead atoms. The van der Waals surface area contributed by atoms with Gasteiger partial charge in [-0.2, -0.15) is 0 Å². The summed E-state index contributed by atoms with van der Waals surface area (Å²) in [6.07, 6.45) is 2.39. The number of carbonyl (C=O) groups excluding carboxylic acids is 2. The van der Waals surface area contributed by atoms with Gasteiger partial charge in [0.05, 0.1) is 5.92 Å². The van der Waals surface area contributed by atoms with E-state index in [1.54, 1.807) is 4.90 Å². The van der Waals surface area contributed by atoms with Crippen LogP contribution in [0.25, 0.3) is 0 Å². The molecular formula is C20H30N2O2. The summed E-state index contributed by atoms with van der Waals surface area (Å²) in [7, 11) is 1.85. The van der Waals surface area contributed by atoms with Gasteiger partial charge in [-0.25, -0.2) is 0 Å². The zero-order chi connectivity index (χ0) is 17.9. The van der Waals surface area contributed by atoms with Crippen molar-refractivity contribution in [3.05, 3.63) is 29.3 Å². The monoisotopic (exact) mass is 330 g/mol. The maximum Gasteiger partial charge on any atom is 0.227 e. The minimum absolute atomic E-state index is 0.0634. The van der Waals surface area contributed by atoms with Crippen molar-refractivity contribution in [1.82, 2.24) is 4.90 Å². The van der Waals surface area contributed by atoms with E-state index in [1.165, 1.54) is 5.56 Å². The number of amides is 2. The number of hydrogen-bond donors (Lipinski definition) is 0. The van der Waals surface area contributed by atoms with Gasteiger partial charge in [-0.15, -0.1) is 0 Å². The van der Waals surface area contributed by atoms with Crippen molar-refractivity contribution in [2.75, 3.05) is 25.0 Å². The molecule has 4 heteroatoms. The highest BCUT2D eigenvalue weighted by atomic mass is 16.2. The van der Waals surface area contributed by atoms with Crippen molar-refractivity contribution < 1.29 is 9.59 Å². The molecule has 0 N–H and O–H groups in total. The van der Waals surface area contributed by atoms with Crippen molar-refractivity contribution in [2.24, 2.45) is 5.92 Å². The van der Waals surface area contributed by atoms with Gasteiger partial charge in [-0.1, -0.05) is 45.4 Å². The molecule has 24 heavy (non-hydrogen) atoms. The van der Waals surface area contributed by atoms with E-state index in [1.807, 2.05) is 31.0 Å². The third-order valence-corrected chi connectivity index (χ3v) is 4.86. The lowest BCUT2D eigenvalue weighted by Gasteiger charge is -2.25. The van der Waals surface area contributed by atoms with Gasteiger partial charge in [0, 0.05) is 32.2 Å². The number of rotatable bonds is 6. The maximum absolute atomic E-state index is 12.6. The predicted octanol–water partition coefficient (Wildman–Crippen LogP) is 3.73. The molecule has 1 fully saturated rings. The van der Waals surface area contributed by atoms with E-state index in [0.717, 1.165) is 30.6 Å². The van der Waals surface area contributed by atoms with Crippen LogP contribution in [0.5, 0.6) is 0 Å². The smallest absolute Gasteiger partial charge is 0.227 e. The van der Waals surface area contributed by atoms with Gasteiger partial charge >= 0.3 is 0 Å². The van der Waals surface area contributed by atoms with Crippen LogP contribution in [0.4, 0.5) is 5.69 Å². The molecule has 1 aliphatic heterocycles. The third kappa shape index (κ3) is 3.80. The Bertz CT molecular complexity index is 610. The van der Waals surface area contributed by atoms with Crippen LogP contribution in [0.2, 0.25) is 0 Å². The molecule has 0 spiro atoms. The van der Waals surface area contributed by atoms with Crippen LogP contribution in [0.1, 0.15) is 57.1 Å². The van der Waals surface area contributed by atoms with Gasteiger partial charge in [0.25, 0.3) is 0 Å². The Morgan fingerprint density at radius 2 is 2.08 bits per heavy atom. The average molecular weight is 330 g/mol. The van der Waals surface area contributed by atoms with Crippen molar-refractivity contribution in [1.29, 1.82) is 0 Å². The maximum atomic E-state index is 12.6. The van der Waals surface area contributed by atoms with Crippen LogP contribution in [0.15, 0.2) is 18.2 Å². The predicted molar refractivity (Wildman–Crippen MR) is 98.3 cm³/mol. The lowest BCUT2D eigenvalue weighted by molar-refractivity contribution is -0.134. The Morgan fingerprint density at radius 1 is 1.38 bits per heavy atom. The lowest BCUT2D eigenvalue weighted by atomic mass is 9.97. The number of unbranched alkanes of at least 4 members (excludes halogenated alkanes) is 1. The molecule has 2 rings (SSSR count). The van der Waals surface area contributed by atoms with E-state index in [-0.39, 0.29) is 17.7 Å². The zero-order valence-corrected chi connectivity index (χ0v) is 15.6. The van der Waals surface area contributed by atoms with Crippen LogP contribution in [0.3, 0.4) is 0 Å². The molecule has 1 saturated heterocycles. The molecule has 0 saturated carbocycles. The fraction of sp³-hybridized carbons (Fsp3) is 0.600. The minimum atomic E-state index is -0.223. The van der Waals surface area contributed by atoms with Crippen LogP contribution < -0.4 is 4.90 Å². The molecule has 1 aromatic carbocycles. The normalized spacial score (nSPS) is 17.7. The SMILES string of the molecule is CCCCN(C)C(=O)C1CC(=O)N(c2c(C)cccc2C(C)C)C1. The Kier molecular flexibility index (Phi) is 6.03. The molecule has 0 aromatic heterocycles. The fourth-order valence-electron chi connectivity index (χ4n) is 3.42. The second-order valence-corrected chi connectivity index (χ2v) is 7.19. The van der Waals surface area contributed by atoms with Gasteiger partial charge in [0.2, 0.25) is 11.8 Å². The quantitative estimate of drug-likeness (QED) is 0.797. The highest BCUT2D eigenvalue weighted by Gasteiger charge is 2.37. The van der Waals surface area contributed by atoms with Crippen molar-refractivity contribution >= 4 is 17.5 Å². The molecule has 0 aliphatic carbocycles. The largest absolute Gasteiger partial charge is 0.345 e. The van der Waals surface area contributed by atoms with E-state index in [9.17, 15) is 9.59 Å². The summed E-state index contributed by atoms with van der Waals surface area (Å²) in [6.45, 7) is 9.70. The fourth-order valence-corrected chi connectivity index (χ4v) is 3.42. The first kappa shape index (κ1) is 18.5. The van der Waals surface area contributed by atoms with Crippen LogP contribution in [0, 0.1) is 12.8 Å². The van der Waals surface area contributed by atoms with Gasteiger partial charge < -0.3 is 9.80 Å². The molecule has 132 valence electrons. The molecule has 1 atom stereocenters. The average Bonchev–Trinajstić information content (AvgIpc) is 2.92. The van der Waals surface area contributed by atoms with E-state index >= 15 is 0 Å². The highest BCUT2D eigenvalue weighted by Crippen LogP contribution is 2.35. The number of nitrogens with zero attached hydrogens (tertiary/aromatic N) is 2. The van der Waals surface area contributed by atoms with E-state index < -0.39 is 0 Å². The molecule has 1 aromatic rings. The minimum Gasteiger partial charge on any atom is -0.345 e. The third-order valence-electron chi connectivity index (χ3n) is 4.86. The summed E-state index contributed by atoms with van der Waals surface area (Å²) in [6, 6.07) is 6.16. The van der Waals surface area contributed by atoms with E-state index in [2.05, 4.69) is 26.8 Å². The first-order valence-electron chi connectivity index (χ1n) is 9.01. The number of anilines is 1. The molecule has 1 heterocycles. The van der Waals surface area contributed by atoms with Crippen molar-refractivity contribution in [3.63, 3.8) is 0 Å². The van der Waals surface area contributed by atoms with Crippen LogP contribution in [-0.2, 0) is 9.59 Å². The van der Waals surface area contributed by atoms with Gasteiger partial charge in [0.15, 0.2) is 0 Å². The molecule has 2 amide bonds. The summed E-state index contributed by atoms with van der Waals surface area (Å²) in [5.74, 6) is 0.279. The number of carbonyl (C=O) groups is 2. The lowest BCUT2D eigenvalue weighted by Crippen LogP contribution is -2.35. The Balaban J connectivity index is 2.21. The molecule has 0 radical (unpaired) electrons. The van der Waals surface area contributed by atoms with Crippen molar-refractivity contribution in [2.45, 2.75) is 52.9 Å². The Labute approximate surface area is 145 Å². The second-order valence-electron chi connectivity index (χ2n) is 7.19. The first-order chi connectivity index (χ1) is 11.4. The van der Waals surface area contributed by atoms with E-state index in [4.69, 9.17) is 0 Å². The standard InChI is InChI=1S/C20H30N2O2/c1-6-7-11-21(5)20(24)16-12-18(23)22(13-16)19-15(4)9-8-10-17(19)14(2)3/h8-10,14,16H,6-7,11-13H2,1-5H3. The van der Waals surface area contributed by atoms with Crippen molar-refractivity contribution in [3.8, 4) is 0 Å². The van der Waals surface area contributed by atoms with Gasteiger partial charge in [0.1, 0.15) is 0 Å². The summed E-state index contributed by atoms with van der Waals surface area (Å²) in [4.78, 5) is 28.9. The molecule has 1 unspecified atom stereocenters. The van der Waals surface area contributed by atoms with Gasteiger partial charge in [-0.3, -0.25) is 9.59 Å². The number of aryl methyl sites for hydroxylation is 1. The Morgan fingerprint density at radius 3 is 2.71 bits per heavy atom. The Hall–Kier alpha value is -1.84. The molecule has 1 aliphatic rings. The number of benzene rings is 1. The number of para-hydroxylation sites is 1. The number of hydrogen-bond acceptors (Lipinski definition) is 2. The van der Waals surface area contributed by atoms with Crippen LogP contribution >= 0.6 is 0 Å². The topological polar surface area (TPSA) is 40.6 Å². The first-order valence-corrected chi connectivity index (χ1v) is 9.01. The highest BCUT2D eigenvalue weighted by molar-refractivity contribution is 6.01. The molecular weight excluding hydrogens is 300 g/mol. The summed E-state index contributed by atoms with van der Waals surface area (Å²) >= 11 is 0.